The normalized spacial score (nSPS) is 40.7. The molecule has 2 aliphatic rings. The van der Waals surface area contributed by atoms with E-state index in [9.17, 15) is 4.79 Å². The molecular weight excluding hydrogens is 114 g/mol. The van der Waals surface area contributed by atoms with Crippen LogP contribution in [0.25, 0.3) is 0 Å². The second-order valence-electron chi connectivity index (χ2n) is 3.11. The first-order valence-electron chi connectivity index (χ1n) is 3.63. The summed E-state index contributed by atoms with van der Waals surface area (Å²) in [4.78, 5) is 10.7. The van der Waals surface area contributed by atoms with Gasteiger partial charge in [0.05, 0.1) is 0 Å². The van der Waals surface area contributed by atoms with Crippen molar-refractivity contribution in [3.05, 3.63) is 0 Å². The molecule has 2 rings (SSSR count). The maximum Gasteiger partial charge on any atom is 0.220 e. The van der Waals surface area contributed by atoms with Crippen LogP contribution in [-0.2, 0) is 4.79 Å². The van der Waals surface area contributed by atoms with Crippen LogP contribution in [0.5, 0.6) is 0 Å². The first-order valence-corrected chi connectivity index (χ1v) is 3.63. The fourth-order valence-electron chi connectivity index (χ4n) is 1.73. The quantitative estimate of drug-likeness (QED) is 0.502. The van der Waals surface area contributed by atoms with Gasteiger partial charge in [0.1, 0.15) is 0 Å². The van der Waals surface area contributed by atoms with Gasteiger partial charge < -0.3 is 5.32 Å². The maximum absolute atomic E-state index is 10.7. The second kappa shape index (κ2) is 1.72. The summed E-state index contributed by atoms with van der Waals surface area (Å²) in [6.07, 6.45) is 3.42. The van der Waals surface area contributed by atoms with Crippen molar-refractivity contribution in [1.29, 1.82) is 0 Å². The molecule has 2 nitrogen and oxygen atoms in total. The highest BCUT2D eigenvalue weighted by atomic mass is 16.1. The average Bonchev–Trinajstić information content (AvgIpc) is 1.78. The molecular formula is C7H11NO. The van der Waals surface area contributed by atoms with Crippen LogP contribution in [0.4, 0.5) is 0 Å². The number of carbonyl (C=O) groups excluding carboxylic acids is 1. The van der Waals surface area contributed by atoms with Crippen molar-refractivity contribution in [2.24, 2.45) is 11.8 Å². The van der Waals surface area contributed by atoms with Crippen molar-refractivity contribution in [1.82, 2.24) is 5.32 Å². The van der Waals surface area contributed by atoms with Crippen LogP contribution < -0.4 is 5.32 Å². The molecule has 1 saturated heterocycles. The molecule has 9 heavy (non-hydrogen) atoms. The molecule has 0 unspecified atom stereocenters. The highest BCUT2D eigenvalue weighted by Gasteiger charge is 2.35. The van der Waals surface area contributed by atoms with Crippen LogP contribution in [-0.4, -0.2) is 12.5 Å². The Morgan fingerprint density at radius 2 is 2.11 bits per heavy atom. The summed E-state index contributed by atoms with van der Waals surface area (Å²) < 4.78 is 0. The fourth-order valence-corrected chi connectivity index (χ4v) is 1.73. The summed E-state index contributed by atoms with van der Waals surface area (Å²) in [5, 5.41) is 2.87. The molecule has 0 bridgehead atoms. The Morgan fingerprint density at radius 3 is 2.56 bits per heavy atom. The summed E-state index contributed by atoms with van der Waals surface area (Å²) in [5.41, 5.74) is 0. The lowest BCUT2D eigenvalue weighted by atomic mass is 9.70. The van der Waals surface area contributed by atoms with Gasteiger partial charge in [0, 0.05) is 13.0 Å². The largest absolute Gasteiger partial charge is 0.356 e. The Kier molecular flexibility index (Phi) is 1.01. The van der Waals surface area contributed by atoms with Crippen molar-refractivity contribution in [3.63, 3.8) is 0 Å². The van der Waals surface area contributed by atoms with Gasteiger partial charge >= 0.3 is 0 Å². The molecule has 1 aliphatic heterocycles. The summed E-state index contributed by atoms with van der Waals surface area (Å²) in [6, 6.07) is 0. The summed E-state index contributed by atoms with van der Waals surface area (Å²) >= 11 is 0. The van der Waals surface area contributed by atoms with Gasteiger partial charge in [0.25, 0.3) is 0 Å². The lowest BCUT2D eigenvalue weighted by molar-refractivity contribution is -0.126. The molecule has 50 valence electrons. The van der Waals surface area contributed by atoms with Gasteiger partial charge in [-0.05, 0) is 24.7 Å². The summed E-state index contributed by atoms with van der Waals surface area (Å²) in [7, 11) is 0. The maximum atomic E-state index is 10.7. The van der Waals surface area contributed by atoms with Gasteiger partial charge in [-0.25, -0.2) is 0 Å². The van der Waals surface area contributed by atoms with Crippen LogP contribution in [0, 0.1) is 11.8 Å². The highest BCUT2D eigenvalue weighted by molar-refractivity contribution is 5.77. The first-order chi connectivity index (χ1) is 4.36. The Labute approximate surface area is 54.6 Å². The second-order valence-corrected chi connectivity index (χ2v) is 3.11. The molecule has 2 heteroatoms. The van der Waals surface area contributed by atoms with Gasteiger partial charge in [-0.1, -0.05) is 0 Å². The molecule has 0 aromatic heterocycles. The minimum atomic E-state index is 0.260. The van der Waals surface area contributed by atoms with Gasteiger partial charge in [0.2, 0.25) is 5.91 Å². The van der Waals surface area contributed by atoms with Crippen LogP contribution in [0.1, 0.15) is 19.3 Å². The molecule has 0 spiro atoms. The van der Waals surface area contributed by atoms with E-state index >= 15 is 0 Å². The van der Waals surface area contributed by atoms with Crippen LogP contribution in [0.3, 0.4) is 0 Å². The number of rotatable bonds is 0. The first kappa shape index (κ1) is 5.27. The van der Waals surface area contributed by atoms with Gasteiger partial charge in [-0.3, -0.25) is 4.79 Å². The van der Waals surface area contributed by atoms with Gasteiger partial charge in [-0.15, -0.1) is 0 Å². The van der Waals surface area contributed by atoms with Gasteiger partial charge in [0.15, 0.2) is 0 Å². The third-order valence-electron chi connectivity index (χ3n) is 2.58. The molecule has 2 atom stereocenters. The zero-order valence-corrected chi connectivity index (χ0v) is 5.39. The molecule has 2 fully saturated rings. The van der Waals surface area contributed by atoms with E-state index in [4.69, 9.17) is 0 Å². The molecule has 1 saturated carbocycles. The van der Waals surface area contributed by atoms with E-state index < -0.39 is 0 Å². The zero-order chi connectivity index (χ0) is 6.27. The Hall–Kier alpha value is -0.530. The lowest BCUT2D eigenvalue weighted by Gasteiger charge is -2.39. The molecule has 1 amide bonds. The Morgan fingerprint density at radius 1 is 1.33 bits per heavy atom. The van der Waals surface area contributed by atoms with Crippen molar-refractivity contribution < 1.29 is 4.79 Å². The Bertz CT molecular complexity index is 144. The number of fused-ring (bicyclic) bond motifs is 1. The topological polar surface area (TPSA) is 29.1 Å². The lowest BCUT2D eigenvalue weighted by Crippen LogP contribution is -2.45. The van der Waals surface area contributed by atoms with E-state index in [2.05, 4.69) is 5.32 Å². The van der Waals surface area contributed by atoms with Crippen molar-refractivity contribution >= 4 is 5.91 Å². The van der Waals surface area contributed by atoms with E-state index in [1.54, 1.807) is 0 Å². The predicted molar refractivity (Wildman–Crippen MR) is 33.8 cm³/mol. The van der Waals surface area contributed by atoms with Crippen molar-refractivity contribution in [3.8, 4) is 0 Å². The van der Waals surface area contributed by atoms with E-state index in [0.29, 0.717) is 0 Å². The van der Waals surface area contributed by atoms with Crippen LogP contribution >= 0.6 is 0 Å². The molecule has 1 N–H and O–H groups in total. The highest BCUT2D eigenvalue weighted by Crippen LogP contribution is 2.37. The number of carbonyl (C=O) groups is 1. The molecule has 0 aromatic carbocycles. The predicted octanol–water partition coefficient (Wildman–Crippen LogP) is 0.532. The van der Waals surface area contributed by atoms with E-state index in [1.807, 2.05) is 0 Å². The van der Waals surface area contributed by atoms with E-state index in [1.165, 1.54) is 12.8 Å². The minimum absolute atomic E-state index is 0.260. The Balaban J connectivity index is 1.99. The van der Waals surface area contributed by atoms with Crippen LogP contribution in [0.15, 0.2) is 0 Å². The van der Waals surface area contributed by atoms with Crippen molar-refractivity contribution in [2.45, 2.75) is 19.3 Å². The molecule has 1 heterocycles. The monoisotopic (exact) mass is 125 g/mol. The molecule has 1 aliphatic carbocycles. The van der Waals surface area contributed by atoms with E-state index in [-0.39, 0.29) is 5.91 Å². The van der Waals surface area contributed by atoms with Crippen LogP contribution in [0.2, 0.25) is 0 Å². The molecule has 0 aromatic rings. The zero-order valence-electron chi connectivity index (χ0n) is 5.39. The third kappa shape index (κ3) is 0.732. The third-order valence-corrected chi connectivity index (χ3v) is 2.58. The number of amides is 1. The SMILES string of the molecule is O=C1C[C@H]2CC[C@H]2CN1. The minimum Gasteiger partial charge on any atom is -0.356 e. The number of hydrogen-bond donors (Lipinski definition) is 1. The number of piperidine rings is 1. The van der Waals surface area contributed by atoms with Gasteiger partial charge in [-0.2, -0.15) is 0 Å². The smallest absolute Gasteiger partial charge is 0.220 e. The number of hydrogen-bond acceptors (Lipinski definition) is 1. The summed E-state index contributed by atoms with van der Waals surface area (Å²) in [6.45, 7) is 0.948. The number of nitrogens with one attached hydrogen (secondary N) is 1. The molecule has 0 radical (unpaired) electrons. The average molecular weight is 125 g/mol. The van der Waals surface area contributed by atoms with Crippen molar-refractivity contribution in [2.75, 3.05) is 6.54 Å². The standard InChI is InChI=1S/C7H11NO/c9-7-3-5-1-2-6(5)4-8-7/h5-6H,1-4H2,(H,8,9)/t5-,6+/m1/s1. The fraction of sp³-hybridized carbons (Fsp3) is 0.857. The summed E-state index contributed by atoms with van der Waals surface area (Å²) in [5.74, 6) is 1.84. The van der Waals surface area contributed by atoms with E-state index in [0.717, 1.165) is 24.8 Å².